The van der Waals surface area contributed by atoms with Gasteiger partial charge in [0, 0.05) is 17.9 Å². The van der Waals surface area contributed by atoms with Gasteiger partial charge in [0.15, 0.2) is 11.5 Å². The standard InChI is InChI=1S/C13H18BrNO2/c1-13(2)10(15)7-11(13)17-12-8(14)5-4-6-9(12)16-3/h4-6,10-11H,7,15H2,1-3H3. The Bertz CT molecular complexity index is 420. The second-order valence-electron chi connectivity index (χ2n) is 5.04. The zero-order valence-corrected chi connectivity index (χ0v) is 12.0. The molecule has 0 aliphatic heterocycles. The van der Waals surface area contributed by atoms with Gasteiger partial charge in [-0.25, -0.2) is 0 Å². The van der Waals surface area contributed by atoms with Crippen molar-refractivity contribution < 1.29 is 9.47 Å². The average Bonchev–Trinajstić information content (AvgIpc) is 2.30. The van der Waals surface area contributed by atoms with Gasteiger partial charge in [-0.2, -0.15) is 0 Å². The molecular formula is C13H18BrNO2. The SMILES string of the molecule is COc1cccc(Br)c1OC1CC(N)C1(C)C. The maximum atomic E-state index is 6.04. The van der Waals surface area contributed by atoms with E-state index in [9.17, 15) is 0 Å². The van der Waals surface area contributed by atoms with Crippen molar-refractivity contribution in [3.8, 4) is 11.5 Å². The highest BCUT2D eigenvalue weighted by Crippen LogP contribution is 2.45. The van der Waals surface area contributed by atoms with Crippen LogP contribution in [-0.4, -0.2) is 19.3 Å². The first-order valence-electron chi connectivity index (χ1n) is 5.71. The molecule has 2 rings (SSSR count). The van der Waals surface area contributed by atoms with Crippen molar-refractivity contribution in [3.05, 3.63) is 22.7 Å². The monoisotopic (exact) mass is 299 g/mol. The summed E-state index contributed by atoms with van der Waals surface area (Å²) in [4.78, 5) is 0. The van der Waals surface area contributed by atoms with Gasteiger partial charge in [0.25, 0.3) is 0 Å². The molecule has 0 bridgehead atoms. The third kappa shape index (κ3) is 2.16. The van der Waals surface area contributed by atoms with Gasteiger partial charge in [-0.15, -0.1) is 0 Å². The zero-order chi connectivity index (χ0) is 12.6. The van der Waals surface area contributed by atoms with Crippen LogP contribution in [-0.2, 0) is 0 Å². The summed E-state index contributed by atoms with van der Waals surface area (Å²) in [7, 11) is 1.65. The van der Waals surface area contributed by atoms with Gasteiger partial charge in [-0.05, 0) is 28.1 Å². The van der Waals surface area contributed by atoms with Crippen molar-refractivity contribution in [1.82, 2.24) is 0 Å². The number of para-hydroxylation sites is 1. The number of benzene rings is 1. The third-order valence-electron chi connectivity index (χ3n) is 3.66. The summed E-state index contributed by atoms with van der Waals surface area (Å²) in [5.74, 6) is 1.51. The fourth-order valence-corrected chi connectivity index (χ4v) is 2.46. The number of rotatable bonds is 3. The predicted molar refractivity (Wildman–Crippen MR) is 71.5 cm³/mol. The maximum absolute atomic E-state index is 6.04. The molecule has 0 spiro atoms. The largest absolute Gasteiger partial charge is 0.493 e. The van der Waals surface area contributed by atoms with Crippen LogP contribution in [0.25, 0.3) is 0 Å². The van der Waals surface area contributed by atoms with Crippen molar-refractivity contribution in [2.45, 2.75) is 32.4 Å². The van der Waals surface area contributed by atoms with Crippen LogP contribution in [0.3, 0.4) is 0 Å². The number of nitrogens with two attached hydrogens (primary N) is 1. The molecule has 2 unspecified atom stereocenters. The summed E-state index contributed by atoms with van der Waals surface area (Å²) in [6.45, 7) is 4.27. The van der Waals surface area contributed by atoms with Crippen molar-refractivity contribution >= 4 is 15.9 Å². The van der Waals surface area contributed by atoms with Gasteiger partial charge in [-0.1, -0.05) is 19.9 Å². The Balaban J connectivity index is 2.20. The first-order valence-corrected chi connectivity index (χ1v) is 6.51. The molecule has 0 amide bonds. The number of hydrogen-bond donors (Lipinski definition) is 1. The number of ether oxygens (including phenoxy) is 2. The van der Waals surface area contributed by atoms with Gasteiger partial charge >= 0.3 is 0 Å². The molecule has 0 heterocycles. The van der Waals surface area contributed by atoms with Gasteiger partial charge in [0.05, 0.1) is 11.6 Å². The zero-order valence-electron chi connectivity index (χ0n) is 10.4. The second kappa shape index (κ2) is 4.50. The normalized spacial score (nSPS) is 26.2. The maximum Gasteiger partial charge on any atom is 0.175 e. The quantitative estimate of drug-likeness (QED) is 0.933. The summed E-state index contributed by atoms with van der Waals surface area (Å²) in [5, 5.41) is 0. The van der Waals surface area contributed by atoms with E-state index < -0.39 is 0 Å². The lowest BCUT2D eigenvalue weighted by atomic mass is 9.65. The molecule has 17 heavy (non-hydrogen) atoms. The fraction of sp³-hybridized carbons (Fsp3) is 0.538. The van der Waals surface area contributed by atoms with Gasteiger partial charge < -0.3 is 15.2 Å². The van der Waals surface area contributed by atoms with Gasteiger partial charge in [0.1, 0.15) is 6.10 Å². The molecular weight excluding hydrogens is 282 g/mol. The average molecular weight is 300 g/mol. The molecule has 3 nitrogen and oxygen atoms in total. The smallest absolute Gasteiger partial charge is 0.175 e. The van der Waals surface area contributed by atoms with Crippen LogP contribution in [0.5, 0.6) is 11.5 Å². The van der Waals surface area contributed by atoms with Crippen LogP contribution in [0.15, 0.2) is 22.7 Å². The van der Waals surface area contributed by atoms with Crippen molar-refractivity contribution in [2.75, 3.05) is 7.11 Å². The minimum absolute atomic E-state index is 0.0142. The lowest BCUT2D eigenvalue weighted by molar-refractivity contribution is -0.0415. The molecule has 2 atom stereocenters. The molecule has 1 aliphatic carbocycles. The van der Waals surface area contributed by atoms with Gasteiger partial charge in [0.2, 0.25) is 0 Å². The highest BCUT2D eigenvalue weighted by Gasteiger charge is 2.48. The third-order valence-corrected chi connectivity index (χ3v) is 4.29. The Morgan fingerprint density at radius 2 is 2.12 bits per heavy atom. The summed E-state index contributed by atoms with van der Waals surface area (Å²) in [6, 6.07) is 5.98. The highest BCUT2D eigenvalue weighted by atomic mass is 79.9. The molecule has 0 radical (unpaired) electrons. The van der Waals surface area contributed by atoms with Crippen LogP contribution >= 0.6 is 15.9 Å². The minimum Gasteiger partial charge on any atom is -0.493 e. The first kappa shape index (κ1) is 12.7. The summed E-state index contributed by atoms with van der Waals surface area (Å²) in [6.07, 6.45) is 1.03. The Kier molecular flexibility index (Phi) is 3.36. The first-order chi connectivity index (χ1) is 7.96. The molecule has 4 heteroatoms. The van der Waals surface area contributed by atoms with Gasteiger partial charge in [-0.3, -0.25) is 0 Å². The molecule has 94 valence electrons. The van der Waals surface area contributed by atoms with E-state index in [2.05, 4.69) is 29.8 Å². The van der Waals surface area contributed by atoms with E-state index in [1.165, 1.54) is 0 Å². The molecule has 1 saturated carbocycles. The van der Waals surface area contributed by atoms with E-state index in [1.54, 1.807) is 7.11 Å². The molecule has 1 fully saturated rings. The predicted octanol–water partition coefficient (Wildman–Crippen LogP) is 2.96. The minimum atomic E-state index is 0.0142. The Morgan fingerprint density at radius 3 is 2.65 bits per heavy atom. The Hall–Kier alpha value is -0.740. The van der Waals surface area contributed by atoms with Crippen LogP contribution in [0.4, 0.5) is 0 Å². The molecule has 0 aromatic heterocycles. The number of halogens is 1. The fourth-order valence-electron chi connectivity index (χ4n) is 2.02. The summed E-state index contributed by atoms with van der Waals surface area (Å²) < 4.78 is 12.3. The molecule has 0 saturated heterocycles. The molecule has 1 aliphatic rings. The second-order valence-corrected chi connectivity index (χ2v) is 5.90. The number of hydrogen-bond acceptors (Lipinski definition) is 3. The van der Waals surface area contributed by atoms with Crippen LogP contribution in [0.2, 0.25) is 0 Å². The van der Waals surface area contributed by atoms with E-state index in [1.807, 2.05) is 18.2 Å². The van der Waals surface area contributed by atoms with E-state index in [-0.39, 0.29) is 17.6 Å². The van der Waals surface area contributed by atoms with Crippen LogP contribution < -0.4 is 15.2 Å². The molecule has 2 N–H and O–H groups in total. The van der Waals surface area contributed by atoms with E-state index in [0.717, 1.165) is 22.4 Å². The Labute approximate surface area is 110 Å². The van der Waals surface area contributed by atoms with E-state index in [4.69, 9.17) is 15.2 Å². The Morgan fingerprint density at radius 1 is 1.41 bits per heavy atom. The topological polar surface area (TPSA) is 44.5 Å². The highest BCUT2D eigenvalue weighted by molar-refractivity contribution is 9.10. The van der Waals surface area contributed by atoms with Crippen LogP contribution in [0, 0.1) is 5.41 Å². The molecule has 1 aromatic carbocycles. The molecule has 1 aromatic rings. The lowest BCUT2D eigenvalue weighted by Crippen LogP contribution is -2.60. The summed E-state index contributed by atoms with van der Waals surface area (Å²) in [5.41, 5.74) is 6.00. The lowest BCUT2D eigenvalue weighted by Gasteiger charge is -2.49. The van der Waals surface area contributed by atoms with Crippen molar-refractivity contribution in [3.63, 3.8) is 0 Å². The van der Waals surface area contributed by atoms with Crippen molar-refractivity contribution in [2.24, 2.45) is 11.1 Å². The van der Waals surface area contributed by atoms with E-state index in [0.29, 0.717) is 0 Å². The van der Waals surface area contributed by atoms with Crippen LogP contribution in [0.1, 0.15) is 20.3 Å². The summed E-state index contributed by atoms with van der Waals surface area (Å²) >= 11 is 3.49. The number of methoxy groups -OCH3 is 1. The van der Waals surface area contributed by atoms with Crippen molar-refractivity contribution in [1.29, 1.82) is 0 Å². The van der Waals surface area contributed by atoms with E-state index >= 15 is 0 Å².